The lowest BCUT2D eigenvalue weighted by atomic mass is 10.2. The number of para-hydroxylation sites is 1. The molecule has 0 saturated carbocycles. The second kappa shape index (κ2) is 10.6. The summed E-state index contributed by atoms with van der Waals surface area (Å²) in [5.41, 5.74) is 5.12. The van der Waals surface area contributed by atoms with Crippen molar-refractivity contribution in [1.29, 1.82) is 0 Å². The zero-order valence-electron chi connectivity index (χ0n) is 17.7. The molecule has 3 aromatic carbocycles. The molecule has 0 spiro atoms. The van der Waals surface area contributed by atoms with E-state index >= 15 is 0 Å². The Kier molecular flexibility index (Phi) is 7.42. The molecule has 0 unspecified atom stereocenters. The van der Waals surface area contributed by atoms with Crippen molar-refractivity contribution in [2.24, 2.45) is 5.10 Å². The molecule has 8 nitrogen and oxygen atoms in total. The van der Waals surface area contributed by atoms with E-state index in [0.29, 0.717) is 22.6 Å². The van der Waals surface area contributed by atoms with Gasteiger partial charge in [0, 0.05) is 11.3 Å². The Morgan fingerprint density at radius 2 is 1.78 bits per heavy atom. The van der Waals surface area contributed by atoms with Gasteiger partial charge in [-0.2, -0.15) is 5.10 Å². The Morgan fingerprint density at radius 3 is 2.50 bits per heavy atom. The van der Waals surface area contributed by atoms with Crippen molar-refractivity contribution in [2.45, 2.75) is 6.92 Å². The van der Waals surface area contributed by atoms with Crippen LogP contribution in [0.1, 0.15) is 21.5 Å². The van der Waals surface area contributed by atoms with E-state index in [-0.39, 0.29) is 18.3 Å². The first kappa shape index (κ1) is 22.4. The predicted molar refractivity (Wildman–Crippen MR) is 121 cm³/mol. The van der Waals surface area contributed by atoms with Crippen LogP contribution >= 0.6 is 0 Å². The smallest absolute Gasteiger partial charge is 0.271 e. The maximum absolute atomic E-state index is 12.2. The minimum atomic E-state index is -0.409. The number of benzene rings is 3. The number of anilines is 1. The molecule has 0 aromatic heterocycles. The molecular weight excluding hydrogens is 410 g/mol. The van der Waals surface area contributed by atoms with Gasteiger partial charge in [-0.25, -0.2) is 5.43 Å². The monoisotopic (exact) mass is 433 g/mol. The highest BCUT2D eigenvalue weighted by Crippen LogP contribution is 2.27. The molecule has 0 aliphatic rings. The molecule has 0 radical (unpaired) electrons. The van der Waals surface area contributed by atoms with E-state index in [1.54, 1.807) is 18.2 Å². The van der Waals surface area contributed by atoms with Gasteiger partial charge >= 0.3 is 0 Å². The fourth-order valence-corrected chi connectivity index (χ4v) is 2.77. The first-order valence-electron chi connectivity index (χ1n) is 9.75. The minimum absolute atomic E-state index is 0.0760. The first-order valence-corrected chi connectivity index (χ1v) is 9.75. The molecule has 3 rings (SSSR count). The van der Waals surface area contributed by atoms with Crippen LogP contribution in [0.25, 0.3) is 0 Å². The van der Waals surface area contributed by atoms with Crippen molar-refractivity contribution >= 4 is 23.7 Å². The van der Waals surface area contributed by atoms with Crippen molar-refractivity contribution in [1.82, 2.24) is 5.43 Å². The van der Waals surface area contributed by atoms with Gasteiger partial charge in [0.2, 0.25) is 0 Å². The third-order valence-corrected chi connectivity index (χ3v) is 4.47. The number of rotatable bonds is 8. The Labute approximate surface area is 185 Å². The lowest BCUT2D eigenvalue weighted by Crippen LogP contribution is -2.20. The van der Waals surface area contributed by atoms with Crippen molar-refractivity contribution in [3.05, 3.63) is 83.4 Å². The minimum Gasteiger partial charge on any atom is -0.508 e. The molecule has 3 aromatic rings. The van der Waals surface area contributed by atoms with Gasteiger partial charge < -0.3 is 19.9 Å². The van der Waals surface area contributed by atoms with Crippen LogP contribution in [0.3, 0.4) is 0 Å². The quantitative estimate of drug-likeness (QED) is 0.372. The van der Waals surface area contributed by atoms with E-state index in [1.807, 2.05) is 31.2 Å². The summed E-state index contributed by atoms with van der Waals surface area (Å²) in [6, 6.07) is 18.3. The van der Waals surface area contributed by atoms with E-state index < -0.39 is 5.91 Å². The third-order valence-electron chi connectivity index (χ3n) is 4.47. The lowest BCUT2D eigenvalue weighted by Gasteiger charge is -2.12. The summed E-state index contributed by atoms with van der Waals surface area (Å²) in [5.74, 6) is 0.198. The topological polar surface area (TPSA) is 109 Å². The number of hydrogen-bond acceptors (Lipinski definition) is 6. The molecule has 0 aliphatic heterocycles. The fourth-order valence-electron chi connectivity index (χ4n) is 2.77. The molecule has 8 heteroatoms. The summed E-state index contributed by atoms with van der Waals surface area (Å²) in [6.07, 6.45) is 1.45. The van der Waals surface area contributed by atoms with Crippen LogP contribution in [0, 0.1) is 6.92 Å². The number of aromatic hydroxyl groups is 1. The average Bonchev–Trinajstić information content (AvgIpc) is 2.80. The van der Waals surface area contributed by atoms with Gasteiger partial charge in [-0.3, -0.25) is 9.59 Å². The fraction of sp³-hybridized carbons (Fsp3) is 0.125. The number of hydrazone groups is 1. The molecular formula is C24H23N3O5. The van der Waals surface area contributed by atoms with Crippen LogP contribution in [0.5, 0.6) is 17.2 Å². The summed E-state index contributed by atoms with van der Waals surface area (Å²) in [6.45, 7) is 1.73. The molecule has 0 fully saturated rings. The summed E-state index contributed by atoms with van der Waals surface area (Å²) in [4.78, 5) is 24.2. The molecule has 0 aliphatic carbocycles. The maximum Gasteiger partial charge on any atom is 0.271 e. The molecule has 0 saturated heterocycles. The predicted octanol–water partition coefficient (Wildman–Crippen LogP) is 3.49. The molecule has 0 heterocycles. The van der Waals surface area contributed by atoms with Crippen LogP contribution in [-0.4, -0.2) is 36.9 Å². The zero-order valence-corrected chi connectivity index (χ0v) is 17.7. The number of amides is 2. The Hall–Kier alpha value is -4.33. The first-order chi connectivity index (χ1) is 15.5. The largest absolute Gasteiger partial charge is 0.508 e. The van der Waals surface area contributed by atoms with E-state index in [9.17, 15) is 14.7 Å². The normalized spacial score (nSPS) is 10.6. The SMILES string of the molecule is COc1cc(/C=N\NC(=O)c2ccc(O)cc2)ccc1OCC(=O)Nc1ccccc1C. The van der Waals surface area contributed by atoms with Crippen molar-refractivity contribution in [3.63, 3.8) is 0 Å². The van der Waals surface area contributed by atoms with Gasteiger partial charge in [0.05, 0.1) is 13.3 Å². The number of phenolic OH excluding ortho intramolecular Hbond substituents is 1. The molecule has 2 amide bonds. The van der Waals surface area contributed by atoms with Crippen molar-refractivity contribution in [2.75, 3.05) is 19.0 Å². The number of phenols is 1. The number of ether oxygens (including phenoxy) is 2. The van der Waals surface area contributed by atoms with Crippen molar-refractivity contribution < 1.29 is 24.2 Å². The van der Waals surface area contributed by atoms with Gasteiger partial charge in [-0.15, -0.1) is 0 Å². The highest BCUT2D eigenvalue weighted by atomic mass is 16.5. The average molecular weight is 433 g/mol. The number of nitrogens with one attached hydrogen (secondary N) is 2. The lowest BCUT2D eigenvalue weighted by molar-refractivity contribution is -0.118. The van der Waals surface area contributed by atoms with Gasteiger partial charge in [-0.05, 0) is 66.6 Å². The van der Waals surface area contributed by atoms with Crippen LogP contribution in [0.4, 0.5) is 5.69 Å². The van der Waals surface area contributed by atoms with Crippen LogP contribution in [-0.2, 0) is 4.79 Å². The highest BCUT2D eigenvalue weighted by Gasteiger charge is 2.10. The maximum atomic E-state index is 12.2. The second-order valence-corrected chi connectivity index (χ2v) is 6.81. The van der Waals surface area contributed by atoms with E-state index in [2.05, 4.69) is 15.8 Å². The van der Waals surface area contributed by atoms with Crippen LogP contribution in [0.15, 0.2) is 71.8 Å². The standard InChI is InChI=1S/C24H23N3O5/c1-16-5-3-4-6-20(16)26-23(29)15-32-21-12-7-17(13-22(21)31-2)14-25-27-24(30)18-8-10-19(28)11-9-18/h3-14,28H,15H2,1-2H3,(H,26,29)(H,27,30)/b25-14-. The summed E-state index contributed by atoms with van der Waals surface area (Å²) < 4.78 is 10.9. The number of carbonyl (C=O) groups excluding carboxylic acids is 2. The molecule has 0 bridgehead atoms. The van der Waals surface area contributed by atoms with Gasteiger partial charge in [0.1, 0.15) is 5.75 Å². The highest BCUT2D eigenvalue weighted by molar-refractivity contribution is 5.95. The summed E-state index contributed by atoms with van der Waals surface area (Å²) >= 11 is 0. The van der Waals surface area contributed by atoms with Crippen LogP contribution in [0.2, 0.25) is 0 Å². The number of carbonyl (C=O) groups is 2. The number of aryl methyl sites for hydroxylation is 1. The van der Waals surface area contributed by atoms with Crippen LogP contribution < -0.4 is 20.2 Å². The number of hydrogen-bond donors (Lipinski definition) is 3. The van der Waals surface area contributed by atoms with E-state index in [4.69, 9.17) is 9.47 Å². The molecule has 32 heavy (non-hydrogen) atoms. The van der Waals surface area contributed by atoms with E-state index in [1.165, 1.54) is 37.6 Å². The van der Waals surface area contributed by atoms with Gasteiger partial charge in [-0.1, -0.05) is 18.2 Å². The molecule has 0 atom stereocenters. The Bertz CT molecular complexity index is 1130. The van der Waals surface area contributed by atoms with Crippen molar-refractivity contribution in [3.8, 4) is 17.2 Å². The number of methoxy groups -OCH3 is 1. The van der Waals surface area contributed by atoms with Gasteiger partial charge in [0.15, 0.2) is 18.1 Å². The van der Waals surface area contributed by atoms with E-state index in [0.717, 1.165) is 11.3 Å². The summed E-state index contributed by atoms with van der Waals surface area (Å²) in [7, 11) is 1.49. The third kappa shape index (κ3) is 6.09. The Balaban J connectivity index is 1.57. The Morgan fingerprint density at radius 1 is 1.03 bits per heavy atom. The summed E-state index contributed by atoms with van der Waals surface area (Å²) in [5, 5.41) is 16.0. The zero-order chi connectivity index (χ0) is 22.9. The second-order valence-electron chi connectivity index (χ2n) is 6.81. The number of nitrogens with zero attached hydrogens (tertiary/aromatic N) is 1. The molecule has 3 N–H and O–H groups in total. The molecule has 164 valence electrons. The van der Waals surface area contributed by atoms with Gasteiger partial charge in [0.25, 0.3) is 11.8 Å².